The normalized spacial score (nSPS) is 11.8. The molecule has 1 amide bonds. The van der Waals surface area contributed by atoms with E-state index in [1.165, 1.54) is 18.2 Å². The molecule has 0 aliphatic rings. The summed E-state index contributed by atoms with van der Waals surface area (Å²) in [7, 11) is 0. The van der Waals surface area contributed by atoms with Gasteiger partial charge in [-0.05, 0) is 65.2 Å². The second kappa shape index (κ2) is 8.31. The van der Waals surface area contributed by atoms with Gasteiger partial charge in [-0.1, -0.05) is 23.7 Å². The number of carbonyl (C=O) groups excluding carboxylic acids is 1. The fraction of sp³-hybridized carbons (Fsp3) is 0.235. The van der Waals surface area contributed by atoms with Crippen LogP contribution >= 0.6 is 27.5 Å². The van der Waals surface area contributed by atoms with Crippen LogP contribution in [-0.4, -0.2) is 18.6 Å². The predicted molar refractivity (Wildman–Crippen MR) is 92.4 cm³/mol. The van der Waals surface area contributed by atoms with E-state index in [0.29, 0.717) is 28.2 Å². The highest BCUT2D eigenvalue weighted by Crippen LogP contribution is 2.26. The third-order valence-electron chi connectivity index (χ3n) is 3.17. The number of halogens is 3. The van der Waals surface area contributed by atoms with E-state index in [2.05, 4.69) is 21.2 Å². The Labute approximate surface area is 147 Å². The number of benzene rings is 2. The minimum atomic E-state index is -0.684. The Balaban J connectivity index is 1.83. The average Bonchev–Trinajstić information content (AvgIpc) is 2.50. The third-order valence-corrected chi connectivity index (χ3v) is 4.02. The fourth-order valence-corrected chi connectivity index (χ4v) is 2.64. The number of amides is 1. The first kappa shape index (κ1) is 17.8. The maximum absolute atomic E-state index is 13.0. The minimum absolute atomic E-state index is 0.233. The van der Waals surface area contributed by atoms with E-state index in [0.717, 1.165) is 5.56 Å². The molecule has 3 nitrogen and oxygen atoms in total. The number of nitrogens with one attached hydrogen (secondary N) is 1. The van der Waals surface area contributed by atoms with E-state index in [4.69, 9.17) is 16.3 Å². The highest BCUT2D eigenvalue weighted by Gasteiger charge is 2.15. The molecular formula is C17H16BrClFNO2. The van der Waals surface area contributed by atoms with Gasteiger partial charge in [0.2, 0.25) is 0 Å². The molecule has 0 radical (unpaired) electrons. The van der Waals surface area contributed by atoms with Crippen molar-refractivity contribution in [2.75, 3.05) is 6.54 Å². The Kier molecular flexibility index (Phi) is 6.42. The maximum atomic E-state index is 13.0. The molecule has 1 atom stereocenters. The lowest BCUT2D eigenvalue weighted by molar-refractivity contribution is -0.127. The molecule has 1 N–H and O–H groups in total. The zero-order valence-corrected chi connectivity index (χ0v) is 14.8. The summed E-state index contributed by atoms with van der Waals surface area (Å²) in [6.45, 7) is 2.13. The maximum Gasteiger partial charge on any atom is 0.260 e. The van der Waals surface area contributed by atoms with Crippen LogP contribution in [0.25, 0.3) is 0 Å². The van der Waals surface area contributed by atoms with Crippen LogP contribution in [0.15, 0.2) is 46.9 Å². The van der Waals surface area contributed by atoms with Crippen molar-refractivity contribution in [1.29, 1.82) is 0 Å². The Morgan fingerprint density at radius 1 is 1.35 bits per heavy atom. The molecule has 6 heteroatoms. The number of hydrogen-bond donors (Lipinski definition) is 1. The lowest BCUT2D eigenvalue weighted by Crippen LogP contribution is -2.37. The van der Waals surface area contributed by atoms with Crippen LogP contribution in [0.1, 0.15) is 12.5 Å². The van der Waals surface area contributed by atoms with Crippen LogP contribution in [0, 0.1) is 5.82 Å². The zero-order valence-electron chi connectivity index (χ0n) is 12.5. The van der Waals surface area contributed by atoms with Crippen LogP contribution in [0.4, 0.5) is 4.39 Å². The van der Waals surface area contributed by atoms with Crippen LogP contribution in [0.5, 0.6) is 5.75 Å². The number of rotatable bonds is 6. The minimum Gasteiger partial charge on any atom is -0.480 e. The van der Waals surface area contributed by atoms with Crippen LogP contribution in [-0.2, 0) is 11.2 Å². The molecule has 0 spiro atoms. The van der Waals surface area contributed by atoms with E-state index in [1.807, 2.05) is 18.2 Å². The third kappa shape index (κ3) is 5.52. The molecule has 0 aliphatic carbocycles. The lowest BCUT2D eigenvalue weighted by atomic mass is 10.1. The molecular weight excluding hydrogens is 385 g/mol. The van der Waals surface area contributed by atoms with Gasteiger partial charge in [-0.3, -0.25) is 4.79 Å². The molecule has 0 heterocycles. The second-order valence-electron chi connectivity index (χ2n) is 5.01. The molecule has 0 saturated heterocycles. The SMILES string of the molecule is CC(Oc1ccc(F)cc1Br)C(=O)NCCc1cccc(Cl)c1. The van der Waals surface area contributed by atoms with Crippen LogP contribution < -0.4 is 10.1 Å². The standard InChI is InChI=1S/C17H16BrClFNO2/c1-11(23-16-6-5-14(20)10-15(16)18)17(22)21-8-7-12-3-2-4-13(19)9-12/h2-6,9-11H,7-8H2,1H3,(H,21,22). The van der Waals surface area contributed by atoms with Crippen molar-refractivity contribution in [2.24, 2.45) is 0 Å². The molecule has 122 valence electrons. The molecule has 0 fully saturated rings. The van der Waals surface area contributed by atoms with Crippen molar-refractivity contribution in [1.82, 2.24) is 5.32 Å². The molecule has 1 unspecified atom stereocenters. The fourth-order valence-electron chi connectivity index (χ4n) is 1.98. The topological polar surface area (TPSA) is 38.3 Å². The molecule has 0 aromatic heterocycles. The largest absolute Gasteiger partial charge is 0.480 e. The highest BCUT2D eigenvalue weighted by molar-refractivity contribution is 9.10. The molecule has 2 aromatic carbocycles. The van der Waals surface area contributed by atoms with Gasteiger partial charge < -0.3 is 10.1 Å². The van der Waals surface area contributed by atoms with Gasteiger partial charge >= 0.3 is 0 Å². The van der Waals surface area contributed by atoms with Gasteiger partial charge in [-0.25, -0.2) is 4.39 Å². The first-order chi connectivity index (χ1) is 11.0. The van der Waals surface area contributed by atoms with Gasteiger partial charge in [0, 0.05) is 11.6 Å². The van der Waals surface area contributed by atoms with E-state index >= 15 is 0 Å². The predicted octanol–water partition coefficient (Wildman–Crippen LogP) is 4.37. The molecule has 2 rings (SSSR count). The average molecular weight is 401 g/mol. The summed E-state index contributed by atoms with van der Waals surface area (Å²) in [5, 5.41) is 3.48. The van der Waals surface area contributed by atoms with E-state index < -0.39 is 6.10 Å². The summed E-state index contributed by atoms with van der Waals surface area (Å²) in [6, 6.07) is 11.5. The molecule has 0 bridgehead atoms. The van der Waals surface area contributed by atoms with Gasteiger partial charge in [0.05, 0.1) is 4.47 Å². The summed E-state index contributed by atoms with van der Waals surface area (Å²) in [5.74, 6) is -0.185. The molecule has 0 saturated carbocycles. The first-order valence-electron chi connectivity index (χ1n) is 7.09. The number of ether oxygens (including phenoxy) is 1. The second-order valence-corrected chi connectivity index (χ2v) is 6.30. The summed E-state index contributed by atoms with van der Waals surface area (Å²) in [5.41, 5.74) is 1.05. The summed E-state index contributed by atoms with van der Waals surface area (Å²) < 4.78 is 19.0. The van der Waals surface area contributed by atoms with E-state index in [1.54, 1.807) is 13.0 Å². The van der Waals surface area contributed by atoms with Crippen molar-refractivity contribution in [3.8, 4) is 5.75 Å². The number of hydrogen-bond acceptors (Lipinski definition) is 2. The Bertz CT molecular complexity index is 696. The molecule has 23 heavy (non-hydrogen) atoms. The smallest absolute Gasteiger partial charge is 0.260 e. The lowest BCUT2D eigenvalue weighted by Gasteiger charge is -2.15. The first-order valence-corrected chi connectivity index (χ1v) is 8.26. The van der Waals surface area contributed by atoms with E-state index in [-0.39, 0.29) is 11.7 Å². The Morgan fingerprint density at radius 2 is 2.13 bits per heavy atom. The Morgan fingerprint density at radius 3 is 2.83 bits per heavy atom. The number of carbonyl (C=O) groups is 1. The van der Waals surface area contributed by atoms with Crippen molar-refractivity contribution < 1.29 is 13.9 Å². The molecule has 0 aliphatic heterocycles. The van der Waals surface area contributed by atoms with Crippen LogP contribution in [0.2, 0.25) is 5.02 Å². The van der Waals surface area contributed by atoms with Crippen molar-refractivity contribution in [3.63, 3.8) is 0 Å². The summed E-state index contributed by atoms with van der Waals surface area (Å²) >= 11 is 9.12. The van der Waals surface area contributed by atoms with E-state index in [9.17, 15) is 9.18 Å². The summed E-state index contributed by atoms with van der Waals surface area (Å²) in [6.07, 6.45) is -0.00432. The van der Waals surface area contributed by atoms with Gasteiger partial charge in [-0.15, -0.1) is 0 Å². The highest BCUT2D eigenvalue weighted by atomic mass is 79.9. The van der Waals surface area contributed by atoms with Crippen molar-refractivity contribution in [2.45, 2.75) is 19.4 Å². The summed E-state index contributed by atoms with van der Waals surface area (Å²) in [4.78, 5) is 12.0. The Hall–Kier alpha value is -1.59. The van der Waals surface area contributed by atoms with Gasteiger partial charge in [0.15, 0.2) is 6.10 Å². The monoisotopic (exact) mass is 399 g/mol. The van der Waals surface area contributed by atoms with Crippen molar-refractivity contribution >= 4 is 33.4 Å². The van der Waals surface area contributed by atoms with Gasteiger partial charge in [0.25, 0.3) is 5.91 Å². The zero-order chi connectivity index (χ0) is 16.8. The van der Waals surface area contributed by atoms with Gasteiger partial charge in [0.1, 0.15) is 11.6 Å². The van der Waals surface area contributed by atoms with Crippen molar-refractivity contribution in [3.05, 3.63) is 63.3 Å². The molecule has 2 aromatic rings. The van der Waals surface area contributed by atoms with Gasteiger partial charge in [-0.2, -0.15) is 0 Å². The quantitative estimate of drug-likeness (QED) is 0.782. The van der Waals surface area contributed by atoms with Crippen LogP contribution in [0.3, 0.4) is 0 Å².